The minimum atomic E-state index is -1.01. The molecule has 0 aliphatic heterocycles. The van der Waals surface area contributed by atoms with Crippen molar-refractivity contribution in [2.75, 3.05) is 0 Å². The van der Waals surface area contributed by atoms with Gasteiger partial charge in [-0.05, 0) is 24.3 Å². The molecule has 5 heteroatoms. The molecule has 2 heterocycles. The van der Waals surface area contributed by atoms with Gasteiger partial charge in [-0.1, -0.05) is 24.3 Å². The van der Waals surface area contributed by atoms with Gasteiger partial charge in [-0.3, -0.25) is 4.98 Å². The molecule has 4 nitrogen and oxygen atoms in total. The van der Waals surface area contributed by atoms with E-state index in [0.717, 1.165) is 21.5 Å². The molecule has 0 aliphatic rings. The molecule has 3 aromatic rings. The number of carboxylic acids is 1. The van der Waals surface area contributed by atoms with Crippen LogP contribution in [0.4, 0.5) is 0 Å². The van der Waals surface area contributed by atoms with Gasteiger partial charge in [0.2, 0.25) is 0 Å². The third-order valence-electron chi connectivity index (χ3n) is 2.99. The Bertz CT molecular complexity index is 805. The van der Waals surface area contributed by atoms with Crippen LogP contribution in [0.1, 0.15) is 16.2 Å². The molecule has 2 aromatic heterocycles. The van der Waals surface area contributed by atoms with Crippen molar-refractivity contribution >= 4 is 28.6 Å². The normalized spacial score (nSPS) is 10.7. The van der Waals surface area contributed by atoms with Crippen molar-refractivity contribution in [3.8, 4) is 0 Å². The van der Waals surface area contributed by atoms with Crippen LogP contribution in [0.5, 0.6) is 0 Å². The lowest BCUT2D eigenvalue weighted by atomic mass is 10.2. The minimum Gasteiger partial charge on any atom is -0.477 e. The Morgan fingerprint density at radius 3 is 2.86 bits per heavy atom. The van der Waals surface area contributed by atoms with Crippen LogP contribution in [0.25, 0.3) is 10.9 Å². The standard InChI is InChI=1S/C16H12N2O2S/c19-16(20)15-9-13(7-8-17-15)21-10-12-6-5-11-3-1-2-4-14(11)18-12/h1-9H,10H2,(H,19,20). The Balaban J connectivity index is 1.77. The Morgan fingerprint density at radius 1 is 1.14 bits per heavy atom. The summed E-state index contributed by atoms with van der Waals surface area (Å²) in [5.74, 6) is -0.324. The molecule has 21 heavy (non-hydrogen) atoms. The predicted molar refractivity (Wildman–Crippen MR) is 82.5 cm³/mol. The van der Waals surface area contributed by atoms with Crippen molar-refractivity contribution in [3.63, 3.8) is 0 Å². The van der Waals surface area contributed by atoms with E-state index in [9.17, 15) is 4.79 Å². The largest absolute Gasteiger partial charge is 0.477 e. The van der Waals surface area contributed by atoms with Crippen molar-refractivity contribution in [3.05, 3.63) is 66.1 Å². The summed E-state index contributed by atoms with van der Waals surface area (Å²) in [4.78, 5) is 20.2. The second kappa shape index (κ2) is 5.93. The number of thioether (sulfide) groups is 1. The molecule has 1 aromatic carbocycles. The maximum absolute atomic E-state index is 10.9. The zero-order valence-electron chi connectivity index (χ0n) is 11.1. The molecule has 0 aliphatic carbocycles. The van der Waals surface area contributed by atoms with Gasteiger partial charge in [0, 0.05) is 22.2 Å². The van der Waals surface area contributed by atoms with E-state index < -0.39 is 5.97 Å². The SMILES string of the molecule is O=C(O)c1cc(SCc2ccc3ccccc3n2)ccn1. The second-order valence-corrected chi connectivity index (χ2v) is 5.51. The highest BCUT2D eigenvalue weighted by Crippen LogP contribution is 2.23. The average molecular weight is 296 g/mol. The highest BCUT2D eigenvalue weighted by atomic mass is 32.2. The number of pyridine rings is 2. The van der Waals surface area contributed by atoms with Crippen LogP contribution in [0.15, 0.2) is 59.6 Å². The highest BCUT2D eigenvalue weighted by Gasteiger charge is 2.06. The zero-order chi connectivity index (χ0) is 14.7. The molecular weight excluding hydrogens is 284 g/mol. The van der Waals surface area contributed by atoms with Crippen LogP contribution in [0.2, 0.25) is 0 Å². The lowest BCUT2D eigenvalue weighted by Gasteiger charge is -2.04. The van der Waals surface area contributed by atoms with E-state index in [0.29, 0.717) is 5.75 Å². The molecule has 0 unspecified atom stereocenters. The van der Waals surface area contributed by atoms with E-state index in [2.05, 4.69) is 9.97 Å². The summed E-state index contributed by atoms with van der Waals surface area (Å²) < 4.78 is 0. The van der Waals surface area contributed by atoms with Gasteiger partial charge in [-0.25, -0.2) is 9.78 Å². The first-order valence-electron chi connectivity index (χ1n) is 6.39. The number of hydrogen-bond donors (Lipinski definition) is 1. The van der Waals surface area contributed by atoms with Gasteiger partial charge in [0.15, 0.2) is 0 Å². The molecule has 3 rings (SSSR count). The first kappa shape index (κ1) is 13.6. The summed E-state index contributed by atoms with van der Waals surface area (Å²) in [6, 6.07) is 15.4. The molecule has 1 N–H and O–H groups in total. The summed E-state index contributed by atoms with van der Waals surface area (Å²) in [5, 5.41) is 10.0. The maximum atomic E-state index is 10.9. The Labute approximate surface area is 125 Å². The number of hydrogen-bond acceptors (Lipinski definition) is 4. The fourth-order valence-electron chi connectivity index (χ4n) is 1.96. The lowest BCUT2D eigenvalue weighted by molar-refractivity contribution is 0.0690. The Kier molecular flexibility index (Phi) is 3.83. The predicted octanol–water partition coefficient (Wildman–Crippen LogP) is 3.62. The fourth-order valence-corrected chi connectivity index (χ4v) is 2.79. The smallest absolute Gasteiger partial charge is 0.354 e. The van der Waals surface area contributed by atoms with Crippen molar-refractivity contribution < 1.29 is 9.90 Å². The van der Waals surface area contributed by atoms with E-state index in [1.165, 1.54) is 6.20 Å². The quantitative estimate of drug-likeness (QED) is 0.745. The summed E-state index contributed by atoms with van der Waals surface area (Å²) >= 11 is 1.55. The van der Waals surface area contributed by atoms with Crippen LogP contribution in [-0.4, -0.2) is 21.0 Å². The first-order chi connectivity index (χ1) is 10.2. The molecule has 0 saturated heterocycles. The summed E-state index contributed by atoms with van der Waals surface area (Å²) in [6.07, 6.45) is 1.51. The van der Waals surface area contributed by atoms with Crippen molar-refractivity contribution in [2.24, 2.45) is 0 Å². The maximum Gasteiger partial charge on any atom is 0.354 e. The van der Waals surface area contributed by atoms with E-state index in [1.807, 2.05) is 36.4 Å². The molecule has 0 amide bonds. The number of para-hydroxylation sites is 1. The molecule has 0 bridgehead atoms. The monoisotopic (exact) mass is 296 g/mol. The molecule has 0 atom stereocenters. The number of aromatic nitrogens is 2. The third-order valence-corrected chi connectivity index (χ3v) is 4.02. The summed E-state index contributed by atoms with van der Waals surface area (Å²) in [6.45, 7) is 0. The number of carbonyl (C=O) groups is 1. The number of carboxylic acid groups (broad SMARTS) is 1. The van der Waals surface area contributed by atoms with Gasteiger partial charge in [0.05, 0.1) is 11.2 Å². The zero-order valence-corrected chi connectivity index (χ0v) is 11.9. The summed E-state index contributed by atoms with van der Waals surface area (Å²) in [7, 11) is 0. The minimum absolute atomic E-state index is 0.0615. The number of nitrogens with zero attached hydrogens (tertiary/aromatic N) is 2. The van der Waals surface area contributed by atoms with Crippen LogP contribution >= 0.6 is 11.8 Å². The van der Waals surface area contributed by atoms with E-state index in [4.69, 9.17) is 5.11 Å². The topological polar surface area (TPSA) is 63.1 Å². The number of aromatic carboxylic acids is 1. The molecular formula is C16H12N2O2S. The van der Waals surface area contributed by atoms with E-state index >= 15 is 0 Å². The second-order valence-electron chi connectivity index (χ2n) is 4.47. The van der Waals surface area contributed by atoms with Gasteiger partial charge < -0.3 is 5.11 Å². The van der Waals surface area contributed by atoms with Crippen LogP contribution in [0.3, 0.4) is 0 Å². The lowest BCUT2D eigenvalue weighted by Crippen LogP contribution is -1.99. The molecule has 0 saturated carbocycles. The van der Waals surface area contributed by atoms with E-state index in [-0.39, 0.29) is 5.69 Å². The van der Waals surface area contributed by atoms with Gasteiger partial charge >= 0.3 is 5.97 Å². The summed E-state index contributed by atoms with van der Waals surface area (Å²) in [5.41, 5.74) is 2.00. The van der Waals surface area contributed by atoms with Crippen molar-refractivity contribution in [1.82, 2.24) is 9.97 Å². The third kappa shape index (κ3) is 3.20. The van der Waals surface area contributed by atoms with Crippen LogP contribution in [-0.2, 0) is 5.75 Å². The fraction of sp³-hybridized carbons (Fsp3) is 0.0625. The highest BCUT2D eigenvalue weighted by molar-refractivity contribution is 7.98. The van der Waals surface area contributed by atoms with Crippen LogP contribution < -0.4 is 0 Å². The van der Waals surface area contributed by atoms with Crippen molar-refractivity contribution in [2.45, 2.75) is 10.6 Å². The number of benzene rings is 1. The van der Waals surface area contributed by atoms with Gasteiger partial charge in [0.1, 0.15) is 5.69 Å². The molecule has 0 fully saturated rings. The first-order valence-corrected chi connectivity index (χ1v) is 7.38. The molecule has 0 spiro atoms. The van der Waals surface area contributed by atoms with Gasteiger partial charge in [-0.15, -0.1) is 11.8 Å². The van der Waals surface area contributed by atoms with E-state index in [1.54, 1.807) is 23.9 Å². The van der Waals surface area contributed by atoms with Crippen LogP contribution in [0, 0.1) is 0 Å². The molecule has 104 valence electrons. The molecule has 0 radical (unpaired) electrons. The Hall–Kier alpha value is -2.40. The number of rotatable bonds is 4. The van der Waals surface area contributed by atoms with Crippen molar-refractivity contribution in [1.29, 1.82) is 0 Å². The van der Waals surface area contributed by atoms with Gasteiger partial charge in [0.25, 0.3) is 0 Å². The Morgan fingerprint density at radius 2 is 2.00 bits per heavy atom. The number of fused-ring (bicyclic) bond motifs is 1. The average Bonchev–Trinajstić information content (AvgIpc) is 2.53. The van der Waals surface area contributed by atoms with Gasteiger partial charge in [-0.2, -0.15) is 0 Å².